The van der Waals surface area contributed by atoms with Gasteiger partial charge in [0.25, 0.3) is 0 Å². The summed E-state index contributed by atoms with van der Waals surface area (Å²) in [7, 11) is 1.82. The third-order valence-corrected chi connectivity index (χ3v) is 3.14. The molecule has 0 spiro atoms. The van der Waals surface area contributed by atoms with Gasteiger partial charge in [0.05, 0.1) is 0 Å². The van der Waals surface area contributed by atoms with Crippen LogP contribution in [0.5, 0.6) is 0 Å². The second kappa shape index (κ2) is 6.40. The van der Waals surface area contributed by atoms with Gasteiger partial charge in [-0.2, -0.15) is 0 Å². The number of nitrogens with zero attached hydrogens (tertiary/aromatic N) is 1. The Morgan fingerprint density at radius 2 is 1.94 bits per heavy atom. The summed E-state index contributed by atoms with van der Waals surface area (Å²) in [6.45, 7) is 4.17. The standard InChI is InChI=1S/C14H22N2O/c1-4-8-11(2)16(3)14(17)13(15)12-9-6-5-7-10-12/h5-7,9-11,13H,4,8,15H2,1-3H3. The average Bonchev–Trinajstić information content (AvgIpc) is 2.37. The van der Waals surface area contributed by atoms with E-state index in [0.717, 1.165) is 18.4 Å². The maximum absolute atomic E-state index is 12.2. The maximum atomic E-state index is 12.2. The Balaban J connectivity index is 2.70. The average molecular weight is 234 g/mol. The van der Waals surface area contributed by atoms with E-state index in [2.05, 4.69) is 13.8 Å². The molecule has 0 heterocycles. The van der Waals surface area contributed by atoms with Crippen molar-refractivity contribution in [2.45, 2.75) is 38.8 Å². The molecule has 0 saturated carbocycles. The largest absolute Gasteiger partial charge is 0.341 e. The molecule has 0 aliphatic heterocycles. The third-order valence-electron chi connectivity index (χ3n) is 3.14. The van der Waals surface area contributed by atoms with E-state index in [9.17, 15) is 4.79 Å². The number of hydrogen-bond acceptors (Lipinski definition) is 2. The monoisotopic (exact) mass is 234 g/mol. The zero-order valence-corrected chi connectivity index (χ0v) is 10.9. The number of amides is 1. The van der Waals surface area contributed by atoms with Gasteiger partial charge >= 0.3 is 0 Å². The minimum absolute atomic E-state index is 0.0165. The lowest BCUT2D eigenvalue weighted by atomic mass is 10.1. The summed E-state index contributed by atoms with van der Waals surface area (Å²) in [6, 6.07) is 9.18. The SMILES string of the molecule is CCCC(C)N(C)C(=O)C(N)c1ccccc1. The highest BCUT2D eigenvalue weighted by molar-refractivity contribution is 5.83. The van der Waals surface area contributed by atoms with Crippen LogP contribution in [0.3, 0.4) is 0 Å². The van der Waals surface area contributed by atoms with Crippen molar-refractivity contribution in [3.05, 3.63) is 35.9 Å². The van der Waals surface area contributed by atoms with Crippen LogP contribution in [0.25, 0.3) is 0 Å². The molecule has 1 amide bonds. The van der Waals surface area contributed by atoms with Crippen LogP contribution < -0.4 is 5.73 Å². The Kier molecular flexibility index (Phi) is 5.16. The molecule has 0 fully saturated rings. The minimum atomic E-state index is -0.555. The molecular weight excluding hydrogens is 212 g/mol. The van der Waals surface area contributed by atoms with E-state index in [0.29, 0.717) is 0 Å². The number of carbonyl (C=O) groups is 1. The van der Waals surface area contributed by atoms with E-state index in [-0.39, 0.29) is 11.9 Å². The van der Waals surface area contributed by atoms with Crippen molar-refractivity contribution in [3.8, 4) is 0 Å². The molecule has 0 radical (unpaired) electrons. The lowest BCUT2D eigenvalue weighted by Gasteiger charge is -2.27. The van der Waals surface area contributed by atoms with Gasteiger partial charge in [-0.1, -0.05) is 43.7 Å². The van der Waals surface area contributed by atoms with Gasteiger partial charge in [0.15, 0.2) is 0 Å². The molecule has 0 aliphatic rings. The summed E-state index contributed by atoms with van der Waals surface area (Å²) in [5.41, 5.74) is 6.85. The van der Waals surface area contributed by atoms with E-state index in [1.54, 1.807) is 4.90 Å². The van der Waals surface area contributed by atoms with Gasteiger partial charge in [-0.3, -0.25) is 4.79 Å². The summed E-state index contributed by atoms with van der Waals surface area (Å²) < 4.78 is 0. The first-order valence-electron chi connectivity index (χ1n) is 6.15. The van der Waals surface area contributed by atoms with Crippen LogP contribution in [0.1, 0.15) is 38.3 Å². The van der Waals surface area contributed by atoms with Gasteiger partial charge in [0.1, 0.15) is 6.04 Å². The first kappa shape index (κ1) is 13.7. The van der Waals surface area contributed by atoms with Crippen molar-refractivity contribution in [3.63, 3.8) is 0 Å². The highest BCUT2D eigenvalue weighted by atomic mass is 16.2. The first-order valence-corrected chi connectivity index (χ1v) is 6.15. The van der Waals surface area contributed by atoms with Crippen molar-refractivity contribution in [1.82, 2.24) is 4.90 Å². The van der Waals surface area contributed by atoms with Crippen LogP contribution in [-0.4, -0.2) is 23.9 Å². The topological polar surface area (TPSA) is 46.3 Å². The number of hydrogen-bond donors (Lipinski definition) is 1. The second-order valence-corrected chi connectivity index (χ2v) is 4.48. The quantitative estimate of drug-likeness (QED) is 0.850. The van der Waals surface area contributed by atoms with Crippen LogP contribution in [0.4, 0.5) is 0 Å². The first-order chi connectivity index (χ1) is 8.07. The lowest BCUT2D eigenvalue weighted by molar-refractivity contribution is -0.133. The number of carbonyl (C=O) groups excluding carboxylic acids is 1. The number of rotatable bonds is 5. The summed E-state index contributed by atoms with van der Waals surface area (Å²) in [4.78, 5) is 13.9. The van der Waals surface area contributed by atoms with Gasteiger partial charge < -0.3 is 10.6 Å². The Morgan fingerprint density at radius 3 is 2.47 bits per heavy atom. The molecule has 17 heavy (non-hydrogen) atoms. The molecule has 1 aromatic rings. The fourth-order valence-corrected chi connectivity index (χ4v) is 1.85. The van der Waals surface area contributed by atoms with Crippen molar-refractivity contribution in [2.75, 3.05) is 7.05 Å². The zero-order valence-electron chi connectivity index (χ0n) is 10.9. The van der Waals surface area contributed by atoms with Crippen molar-refractivity contribution >= 4 is 5.91 Å². The highest BCUT2D eigenvalue weighted by Gasteiger charge is 2.22. The molecule has 1 rings (SSSR count). The minimum Gasteiger partial charge on any atom is -0.341 e. The number of likely N-dealkylation sites (N-methyl/N-ethyl adjacent to an activating group) is 1. The Labute approximate surface area is 104 Å². The summed E-state index contributed by atoms with van der Waals surface area (Å²) in [5.74, 6) is -0.0165. The normalized spacial score (nSPS) is 14.1. The Hall–Kier alpha value is -1.35. The smallest absolute Gasteiger partial charge is 0.244 e. The van der Waals surface area contributed by atoms with Gasteiger partial charge in [0.2, 0.25) is 5.91 Å². The maximum Gasteiger partial charge on any atom is 0.244 e. The van der Waals surface area contributed by atoms with E-state index in [1.165, 1.54) is 0 Å². The van der Waals surface area contributed by atoms with Gasteiger partial charge in [-0.25, -0.2) is 0 Å². The predicted molar refractivity (Wildman–Crippen MR) is 70.5 cm³/mol. The molecule has 1 aromatic carbocycles. The number of benzene rings is 1. The summed E-state index contributed by atoms with van der Waals surface area (Å²) in [5, 5.41) is 0. The molecule has 0 aliphatic carbocycles. The second-order valence-electron chi connectivity index (χ2n) is 4.48. The fourth-order valence-electron chi connectivity index (χ4n) is 1.85. The van der Waals surface area contributed by atoms with E-state index in [4.69, 9.17) is 5.73 Å². The lowest BCUT2D eigenvalue weighted by Crippen LogP contribution is -2.41. The molecule has 3 heteroatoms. The molecule has 0 bridgehead atoms. The van der Waals surface area contributed by atoms with Crippen LogP contribution in [-0.2, 0) is 4.79 Å². The molecular formula is C14H22N2O. The van der Waals surface area contributed by atoms with Crippen molar-refractivity contribution in [2.24, 2.45) is 5.73 Å². The van der Waals surface area contributed by atoms with E-state index in [1.807, 2.05) is 37.4 Å². The summed E-state index contributed by atoms with van der Waals surface area (Å²) >= 11 is 0. The van der Waals surface area contributed by atoms with Crippen molar-refractivity contribution in [1.29, 1.82) is 0 Å². The van der Waals surface area contributed by atoms with Gasteiger partial charge in [0, 0.05) is 13.1 Å². The Bertz CT molecular complexity index is 350. The van der Waals surface area contributed by atoms with Crippen LogP contribution in [0.2, 0.25) is 0 Å². The molecule has 2 atom stereocenters. The summed E-state index contributed by atoms with van der Waals surface area (Å²) in [6.07, 6.45) is 2.07. The molecule has 2 unspecified atom stereocenters. The van der Waals surface area contributed by atoms with Crippen LogP contribution in [0.15, 0.2) is 30.3 Å². The Morgan fingerprint density at radius 1 is 1.35 bits per heavy atom. The fraction of sp³-hybridized carbons (Fsp3) is 0.500. The third kappa shape index (κ3) is 3.56. The van der Waals surface area contributed by atoms with E-state index < -0.39 is 6.04 Å². The van der Waals surface area contributed by atoms with E-state index >= 15 is 0 Å². The number of nitrogens with two attached hydrogens (primary N) is 1. The zero-order chi connectivity index (χ0) is 12.8. The van der Waals surface area contributed by atoms with Crippen molar-refractivity contribution < 1.29 is 4.79 Å². The van der Waals surface area contributed by atoms with Gasteiger partial charge in [-0.05, 0) is 18.9 Å². The molecule has 3 nitrogen and oxygen atoms in total. The molecule has 94 valence electrons. The predicted octanol–water partition coefficient (Wildman–Crippen LogP) is 2.33. The van der Waals surface area contributed by atoms with Crippen LogP contribution in [0, 0.1) is 0 Å². The molecule has 2 N–H and O–H groups in total. The van der Waals surface area contributed by atoms with Crippen LogP contribution >= 0.6 is 0 Å². The molecule has 0 aromatic heterocycles. The highest BCUT2D eigenvalue weighted by Crippen LogP contribution is 2.14. The van der Waals surface area contributed by atoms with Gasteiger partial charge in [-0.15, -0.1) is 0 Å². The molecule has 0 saturated heterocycles.